The van der Waals surface area contributed by atoms with Gasteiger partial charge >= 0.3 is 0 Å². The Labute approximate surface area is 218 Å². The predicted octanol–water partition coefficient (Wildman–Crippen LogP) is 6.08. The molecule has 0 radical (unpaired) electrons. The van der Waals surface area contributed by atoms with E-state index in [9.17, 15) is 24.1 Å². The van der Waals surface area contributed by atoms with Crippen LogP contribution in [0.15, 0.2) is 53.9 Å². The van der Waals surface area contributed by atoms with Gasteiger partial charge in [0.1, 0.15) is 17.4 Å². The third-order valence-electron chi connectivity index (χ3n) is 5.53. The number of hydrogen-bond acceptors (Lipinski definition) is 5. The highest BCUT2D eigenvalue weighted by Gasteiger charge is 2.26. The zero-order valence-corrected chi connectivity index (χ0v) is 21.8. The Morgan fingerprint density at radius 1 is 1.08 bits per heavy atom. The van der Waals surface area contributed by atoms with Crippen LogP contribution < -0.4 is 0 Å². The second-order valence-corrected chi connectivity index (χ2v) is 10.3. The van der Waals surface area contributed by atoms with Crippen LogP contribution in [0.1, 0.15) is 40.2 Å². The van der Waals surface area contributed by atoms with E-state index in [1.54, 1.807) is 17.0 Å². The van der Waals surface area contributed by atoms with Crippen LogP contribution in [0.25, 0.3) is 0 Å². The molecular formula is C26H27ClFN3O4S. The third kappa shape index (κ3) is 7.11. The molecule has 7 nitrogen and oxygen atoms in total. The van der Waals surface area contributed by atoms with E-state index < -0.39 is 10.8 Å². The van der Waals surface area contributed by atoms with Crippen LogP contribution in [-0.2, 0) is 17.9 Å². The van der Waals surface area contributed by atoms with Gasteiger partial charge in [-0.25, -0.2) is 4.39 Å². The number of nitro groups is 1. The minimum atomic E-state index is -0.648. The van der Waals surface area contributed by atoms with E-state index in [1.165, 1.54) is 40.5 Å². The number of carbonyl (C=O) groups excluding carboxylic acids is 2. The average molecular weight is 532 g/mol. The summed E-state index contributed by atoms with van der Waals surface area (Å²) in [5.74, 6) is -1.10. The molecule has 0 aliphatic rings. The molecule has 0 bridgehead atoms. The summed E-state index contributed by atoms with van der Waals surface area (Å²) in [6.07, 6.45) is 0. The molecule has 36 heavy (non-hydrogen) atoms. The fourth-order valence-electron chi connectivity index (χ4n) is 3.67. The van der Waals surface area contributed by atoms with Gasteiger partial charge in [0.2, 0.25) is 5.91 Å². The van der Waals surface area contributed by atoms with Crippen molar-refractivity contribution in [3.63, 3.8) is 0 Å². The van der Waals surface area contributed by atoms with Gasteiger partial charge in [-0.1, -0.05) is 37.6 Å². The molecule has 1 heterocycles. The molecule has 1 aromatic heterocycles. The monoisotopic (exact) mass is 531 g/mol. The number of halogens is 2. The van der Waals surface area contributed by atoms with Gasteiger partial charge in [0, 0.05) is 29.6 Å². The highest BCUT2D eigenvalue weighted by molar-refractivity contribution is 7.10. The first-order chi connectivity index (χ1) is 17.0. The van der Waals surface area contributed by atoms with Crippen LogP contribution >= 0.6 is 22.9 Å². The highest BCUT2D eigenvalue weighted by Crippen LogP contribution is 2.26. The van der Waals surface area contributed by atoms with Crippen LogP contribution in [0.4, 0.5) is 10.1 Å². The van der Waals surface area contributed by atoms with Crippen LogP contribution in [0.5, 0.6) is 0 Å². The van der Waals surface area contributed by atoms with Crippen LogP contribution in [0.2, 0.25) is 5.02 Å². The van der Waals surface area contributed by atoms with E-state index in [-0.39, 0.29) is 53.6 Å². The number of carbonyl (C=O) groups is 2. The molecule has 3 aromatic rings. The summed E-state index contributed by atoms with van der Waals surface area (Å²) in [7, 11) is 0. The third-order valence-corrected chi connectivity index (χ3v) is 6.86. The summed E-state index contributed by atoms with van der Waals surface area (Å²) < 4.78 is 13.4. The lowest BCUT2D eigenvalue weighted by Gasteiger charge is -2.29. The zero-order valence-electron chi connectivity index (χ0n) is 20.2. The second kappa shape index (κ2) is 12.1. The molecule has 0 aliphatic carbocycles. The smallest absolute Gasteiger partial charge is 0.288 e. The standard InChI is InChI=1S/C26H27ClFN3O4S/c1-17(2)13-30(26(33)20-6-9-22(27)23(12-20)31(34)35)16-25(32)29(15-24-18(3)10-11-36-24)14-19-4-7-21(28)8-5-19/h4-12,17H,13-16H2,1-3H3. The molecule has 0 atom stereocenters. The van der Waals surface area contributed by atoms with E-state index in [1.807, 2.05) is 32.2 Å². The minimum absolute atomic E-state index is 0.0501. The van der Waals surface area contributed by atoms with Crippen molar-refractivity contribution in [2.45, 2.75) is 33.9 Å². The lowest BCUT2D eigenvalue weighted by molar-refractivity contribution is -0.384. The fourth-order valence-corrected chi connectivity index (χ4v) is 4.78. The minimum Gasteiger partial charge on any atom is -0.332 e. The number of rotatable bonds is 10. The summed E-state index contributed by atoms with van der Waals surface area (Å²) >= 11 is 7.44. The Balaban J connectivity index is 1.88. The van der Waals surface area contributed by atoms with Crippen molar-refractivity contribution >= 4 is 40.4 Å². The van der Waals surface area contributed by atoms with Gasteiger partial charge in [0.15, 0.2) is 0 Å². The number of nitrogens with zero attached hydrogens (tertiary/aromatic N) is 3. The molecule has 3 rings (SSSR count). The number of amides is 2. The Hall–Kier alpha value is -3.30. The summed E-state index contributed by atoms with van der Waals surface area (Å²) in [4.78, 5) is 41.6. The Bertz CT molecular complexity index is 1250. The molecule has 2 amide bonds. The summed E-state index contributed by atoms with van der Waals surface area (Å²) in [5, 5.41) is 13.2. The SMILES string of the molecule is Cc1ccsc1CN(Cc1ccc(F)cc1)C(=O)CN(CC(C)C)C(=O)c1ccc(Cl)c([N+](=O)[O-])c1. The number of aryl methyl sites for hydroxylation is 1. The number of benzene rings is 2. The van der Waals surface area contributed by atoms with Gasteiger partial charge in [-0.3, -0.25) is 19.7 Å². The maximum atomic E-state index is 13.5. The largest absolute Gasteiger partial charge is 0.332 e. The molecule has 2 aromatic carbocycles. The Morgan fingerprint density at radius 2 is 1.78 bits per heavy atom. The first kappa shape index (κ1) is 27.3. The maximum absolute atomic E-state index is 13.5. The van der Waals surface area contributed by atoms with Crippen molar-refractivity contribution in [1.82, 2.24) is 9.80 Å². The zero-order chi connectivity index (χ0) is 26.4. The van der Waals surface area contributed by atoms with Gasteiger partial charge < -0.3 is 9.80 Å². The van der Waals surface area contributed by atoms with Crippen molar-refractivity contribution in [2.75, 3.05) is 13.1 Å². The quantitative estimate of drug-likeness (QED) is 0.234. The van der Waals surface area contributed by atoms with Crippen LogP contribution in [-0.4, -0.2) is 39.6 Å². The number of thiophene rings is 1. The van der Waals surface area contributed by atoms with Crippen LogP contribution in [0.3, 0.4) is 0 Å². The first-order valence-electron chi connectivity index (χ1n) is 11.3. The molecule has 0 N–H and O–H groups in total. The number of hydrogen-bond donors (Lipinski definition) is 0. The Kier molecular flexibility index (Phi) is 9.17. The summed E-state index contributed by atoms with van der Waals surface area (Å²) in [6, 6.07) is 11.8. The maximum Gasteiger partial charge on any atom is 0.288 e. The predicted molar refractivity (Wildman–Crippen MR) is 139 cm³/mol. The average Bonchev–Trinajstić information content (AvgIpc) is 3.23. The number of nitro benzene ring substituents is 1. The molecule has 0 saturated heterocycles. The van der Waals surface area contributed by atoms with Crippen molar-refractivity contribution in [3.8, 4) is 0 Å². The molecule has 10 heteroatoms. The van der Waals surface area contributed by atoms with Crippen molar-refractivity contribution in [1.29, 1.82) is 0 Å². The van der Waals surface area contributed by atoms with Gasteiger partial charge in [-0.15, -0.1) is 11.3 Å². The molecule has 0 aliphatic heterocycles. The normalized spacial score (nSPS) is 10.9. The summed E-state index contributed by atoms with van der Waals surface area (Å²) in [6.45, 7) is 6.46. The first-order valence-corrected chi connectivity index (χ1v) is 12.6. The van der Waals surface area contributed by atoms with E-state index in [0.717, 1.165) is 22.1 Å². The van der Waals surface area contributed by atoms with E-state index in [4.69, 9.17) is 11.6 Å². The highest BCUT2D eigenvalue weighted by atomic mass is 35.5. The van der Waals surface area contributed by atoms with E-state index in [2.05, 4.69) is 0 Å². The van der Waals surface area contributed by atoms with Crippen molar-refractivity contribution < 1.29 is 18.9 Å². The Morgan fingerprint density at radius 3 is 2.36 bits per heavy atom. The van der Waals surface area contributed by atoms with Crippen molar-refractivity contribution in [2.24, 2.45) is 5.92 Å². The van der Waals surface area contributed by atoms with Gasteiger partial charge in [0.25, 0.3) is 11.6 Å². The van der Waals surface area contributed by atoms with Gasteiger partial charge in [-0.05, 0) is 59.7 Å². The molecule has 0 spiro atoms. The lowest BCUT2D eigenvalue weighted by Crippen LogP contribution is -2.43. The molecule has 0 fully saturated rings. The van der Waals surface area contributed by atoms with E-state index in [0.29, 0.717) is 6.54 Å². The topological polar surface area (TPSA) is 83.8 Å². The van der Waals surface area contributed by atoms with E-state index >= 15 is 0 Å². The molecule has 0 unspecified atom stereocenters. The van der Waals surface area contributed by atoms with Crippen molar-refractivity contribution in [3.05, 3.63) is 96.4 Å². The summed E-state index contributed by atoms with van der Waals surface area (Å²) in [5.41, 5.74) is 1.53. The molecular weight excluding hydrogens is 505 g/mol. The second-order valence-electron chi connectivity index (χ2n) is 8.91. The van der Waals surface area contributed by atoms with Crippen LogP contribution in [0, 0.1) is 28.8 Å². The fraction of sp³-hybridized carbons (Fsp3) is 0.308. The van der Waals surface area contributed by atoms with Gasteiger partial charge in [-0.2, -0.15) is 0 Å². The van der Waals surface area contributed by atoms with Gasteiger partial charge in [0.05, 0.1) is 11.5 Å². The molecule has 0 saturated carbocycles. The lowest BCUT2D eigenvalue weighted by atomic mass is 10.1. The molecule has 190 valence electrons.